The van der Waals surface area contributed by atoms with Gasteiger partial charge in [0.25, 0.3) is 0 Å². The fraction of sp³-hybridized carbons (Fsp3) is 0. The van der Waals surface area contributed by atoms with Crippen LogP contribution in [0.4, 0.5) is 0 Å². The van der Waals surface area contributed by atoms with Crippen molar-refractivity contribution in [2.45, 2.75) is 0 Å². The molecule has 14 rings (SSSR count). The van der Waals surface area contributed by atoms with E-state index < -0.39 is 0 Å². The molecule has 0 aliphatic carbocycles. The highest BCUT2D eigenvalue weighted by Crippen LogP contribution is 2.42. The number of furan rings is 2. The summed E-state index contributed by atoms with van der Waals surface area (Å²) in [5.41, 5.74) is 9.30. The molecule has 0 spiro atoms. The molecular weight excluding hydrogens is 773 g/mol. The van der Waals surface area contributed by atoms with Crippen LogP contribution in [0.15, 0.2) is 203 Å². The van der Waals surface area contributed by atoms with Gasteiger partial charge in [-0.2, -0.15) is 0 Å². The minimum absolute atomic E-state index is 0.554. The van der Waals surface area contributed by atoms with E-state index in [9.17, 15) is 0 Å². The number of aromatic nitrogens is 4. The van der Waals surface area contributed by atoms with Crippen LogP contribution in [0.2, 0.25) is 0 Å². The van der Waals surface area contributed by atoms with E-state index in [2.05, 4.69) is 138 Å². The Morgan fingerprint density at radius 1 is 0.333 bits per heavy atom. The molecule has 4 heterocycles. The number of fused-ring (bicyclic) bond motifs is 14. The van der Waals surface area contributed by atoms with E-state index in [0.29, 0.717) is 17.5 Å². The molecule has 0 saturated heterocycles. The Morgan fingerprint density at radius 2 is 1.02 bits per heavy atom. The van der Waals surface area contributed by atoms with Crippen LogP contribution >= 0.6 is 0 Å². The molecule has 0 unspecified atom stereocenters. The molecular formula is C57H32N4O2. The summed E-state index contributed by atoms with van der Waals surface area (Å²) >= 11 is 0. The molecule has 0 atom stereocenters. The fourth-order valence-corrected chi connectivity index (χ4v) is 9.89. The zero-order valence-corrected chi connectivity index (χ0v) is 33.6. The topological polar surface area (TPSA) is 69.9 Å². The molecule has 0 N–H and O–H groups in total. The SMILES string of the molecule is c1ccc(-c2nc(-c3ccc4c(ccc5oc6ccc(-n7c8cc9ccccc9cc8c8c9ccccc9ccc87)cc6c54)c3)nc(-c3cccc4c3oc3ccccc34)n2)cc1. The second-order valence-electron chi connectivity index (χ2n) is 16.3. The van der Waals surface area contributed by atoms with Crippen LogP contribution in [0.5, 0.6) is 0 Å². The third kappa shape index (κ3) is 5.09. The number of hydrogen-bond donors (Lipinski definition) is 0. The average molecular weight is 805 g/mol. The van der Waals surface area contributed by atoms with Crippen molar-refractivity contribution in [3.05, 3.63) is 194 Å². The molecule has 0 aliphatic rings. The average Bonchev–Trinajstić information content (AvgIpc) is 4.02. The highest BCUT2D eigenvalue weighted by atomic mass is 16.3. The molecule has 292 valence electrons. The van der Waals surface area contributed by atoms with E-state index in [0.717, 1.165) is 77.0 Å². The largest absolute Gasteiger partial charge is 0.456 e. The Hall–Kier alpha value is -8.61. The molecule has 14 aromatic rings. The van der Waals surface area contributed by atoms with E-state index in [1.54, 1.807) is 0 Å². The van der Waals surface area contributed by atoms with Gasteiger partial charge < -0.3 is 13.4 Å². The Bertz CT molecular complexity index is 4220. The minimum Gasteiger partial charge on any atom is -0.456 e. The first-order chi connectivity index (χ1) is 31.2. The van der Waals surface area contributed by atoms with Crippen molar-refractivity contribution in [2.75, 3.05) is 0 Å². The fourth-order valence-electron chi connectivity index (χ4n) is 9.89. The maximum absolute atomic E-state index is 6.57. The molecule has 0 bridgehead atoms. The summed E-state index contributed by atoms with van der Waals surface area (Å²) in [6, 6.07) is 68.1. The molecule has 0 aliphatic heterocycles. The van der Waals surface area contributed by atoms with E-state index in [1.165, 1.54) is 43.4 Å². The summed E-state index contributed by atoms with van der Waals surface area (Å²) in [4.78, 5) is 15.3. The molecule has 4 aromatic heterocycles. The maximum atomic E-state index is 6.57. The Balaban J connectivity index is 0.959. The molecule has 6 nitrogen and oxygen atoms in total. The van der Waals surface area contributed by atoms with Crippen molar-refractivity contribution in [3.8, 4) is 39.9 Å². The third-order valence-corrected chi connectivity index (χ3v) is 12.8. The molecule has 63 heavy (non-hydrogen) atoms. The lowest BCUT2D eigenvalue weighted by atomic mass is 10.0. The van der Waals surface area contributed by atoms with Crippen LogP contribution in [0.1, 0.15) is 0 Å². The molecule has 0 fully saturated rings. The van der Waals surface area contributed by atoms with Gasteiger partial charge in [0.1, 0.15) is 22.3 Å². The lowest BCUT2D eigenvalue weighted by Crippen LogP contribution is -2.00. The molecule has 0 amide bonds. The third-order valence-electron chi connectivity index (χ3n) is 12.8. The first-order valence-electron chi connectivity index (χ1n) is 21.2. The van der Waals surface area contributed by atoms with Gasteiger partial charge in [-0.1, -0.05) is 133 Å². The summed E-state index contributed by atoms with van der Waals surface area (Å²) in [7, 11) is 0. The van der Waals surface area contributed by atoms with Gasteiger partial charge in [0, 0.05) is 49.1 Å². The van der Waals surface area contributed by atoms with E-state index in [1.807, 2.05) is 60.7 Å². The quantitative estimate of drug-likeness (QED) is 0.177. The van der Waals surface area contributed by atoms with Gasteiger partial charge in [0.05, 0.1) is 16.6 Å². The van der Waals surface area contributed by atoms with Crippen molar-refractivity contribution in [3.63, 3.8) is 0 Å². The molecule has 0 saturated carbocycles. The summed E-state index contributed by atoms with van der Waals surface area (Å²) < 4.78 is 15.4. The maximum Gasteiger partial charge on any atom is 0.167 e. The Kier molecular flexibility index (Phi) is 7.02. The highest BCUT2D eigenvalue weighted by Gasteiger charge is 2.21. The van der Waals surface area contributed by atoms with Gasteiger partial charge in [-0.25, -0.2) is 15.0 Å². The first-order valence-corrected chi connectivity index (χ1v) is 21.2. The standard InChI is InChI=1S/C57H32N4O2/c1-2-12-34(13-3-1)55-58-56(60-57(59-55)44-19-10-18-43-42-17-8-9-20-49(42)63-54(43)44)38-21-25-41-37(29-38)23-27-51-53(41)46-32-39(24-28-50(46)62-51)61-47-26-22-33-11-6-7-16-40(33)52(47)45-30-35-14-4-5-15-36(35)31-48(45)61/h1-32H. The number of rotatable bonds is 4. The first kappa shape index (κ1) is 34.1. The number of para-hydroxylation sites is 2. The van der Waals surface area contributed by atoms with E-state index >= 15 is 0 Å². The predicted molar refractivity (Wildman–Crippen MR) is 258 cm³/mol. The number of hydrogen-bond acceptors (Lipinski definition) is 5. The predicted octanol–water partition coefficient (Wildman–Crippen LogP) is 15.2. The van der Waals surface area contributed by atoms with Gasteiger partial charge in [0.2, 0.25) is 0 Å². The zero-order chi connectivity index (χ0) is 41.2. The summed E-state index contributed by atoms with van der Waals surface area (Å²) in [5, 5.41) is 13.8. The van der Waals surface area contributed by atoms with Crippen molar-refractivity contribution in [2.24, 2.45) is 0 Å². The van der Waals surface area contributed by atoms with Crippen LogP contribution in [0.3, 0.4) is 0 Å². The molecule has 10 aromatic carbocycles. The summed E-state index contributed by atoms with van der Waals surface area (Å²) in [5.74, 6) is 1.73. The smallest absolute Gasteiger partial charge is 0.167 e. The lowest BCUT2D eigenvalue weighted by molar-refractivity contribution is 0.669. The Morgan fingerprint density at radius 3 is 1.90 bits per heavy atom. The second-order valence-corrected chi connectivity index (χ2v) is 16.3. The summed E-state index contributed by atoms with van der Waals surface area (Å²) in [6.45, 7) is 0. The summed E-state index contributed by atoms with van der Waals surface area (Å²) in [6.07, 6.45) is 0. The van der Waals surface area contributed by atoms with E-state index in [-0.39, 0.29) is 0 Å². The van der Waals surface area contributed by atoms with Crippen LogP contribution in [0, 0.1) is 0 Å². The Labute approximate surface area is 358 Å². The monoisotopic (exact) mass is 804 g/mol. The second kappa shape index (κ2) is 12.9. The number of nitrogens with zero attached hydrogens (tertiary/aromatic N) is 4. The normalized spacial score (nSPS) is 12.1. The van der Waals surface area contributed by atoms with Gasteiger partial charge in [0.15, 0.2) is 17.5 Å². The van der Waals surface area contributed by atoms with Crippen LogP contribution in [-0.2, 0) is 0 Å². The van der Waals surface area contributed by atoms with Crippen molar-refractivity contribution < 1.29 is 8.83 Å². The lowest BCUT2D eigenvalue weighted by Gasteiger charge is -2.10. The van der Waals surface area contributed by atoms with Crippen molar-refractivity contribution >= 4 is 98.0 Å². The molecule has 0 radical (unpaired) electrons. The molecule has 6 heteroatoms. The van der Waals surface area contributed by atoms with Gasteiger partial charge in [-0.05, 0) is 93.0 Å². The highest BCUT2D eigenvalue weighted by molar-refractivity contribution is 6.24. The van der Waals surface area contributed by atoms with Gasteiger partial charge in [-0.3, -0.25) is 0 Å². The minimum atomic E-state index is 0.554. The number of benzene rings is 10. The van der Waals surface area contributed by atoms with Gasteiger partial charge >= 0.3 is 0 Å². The van der Waals surface area contributed by atoms with E-state index in [4.69, 9.17) is 23.8 Å². The van der Waals surface area contributed by atoms with Crippen LogP contribution in [-0.4, -0.2) is 19.5 Å². The van der Waals surface area contributed by atoms with Crippen LogP contribution in [0.25, 0.3) is 138 Å². The van der Waals surface area contributed by atoms with Crippen molar-refractivity contribution in [1.82, 2.24) is 19.5 Å². The van der Waals surface area contributed by atoms with Crippen LogP contribution < -0.4 is 0 Å². The zero-order valence-electron chi connectivity index (χ0n) is 33.6. The van der Waals surface area contributed by atoms with Gasteiger partial charge in [-0.15, -0.1) is 0 Å². The van der Waals surface area contributed by atoms with Crippen molar-refractivity contribution in [1.29, 1.82) is 0 Å².